The van der Waals surface area contributed by atoms with E-state index in [0.29, 0.717) is 0 Å². The van der Waals surface area contributed by atoms with E-state index < -0.39 is 0 Å². The minimum absolute atomic E-state index is 1.09. The summed E-state index contributed by atoms with van der Waals surface area (Å²) in [4.78, 5) is 7.65. The van der Waals surface area contributed by atoms with Gasteiger partial charge in [0.25, 0.3) is 0 Å². The number of benzene rings is 13. The Labute approximate surface area is 420 Å². The maximum Gasteiger partial charge on any atom is 0.0562 e. The average Bonchev–Trinajstić information content (AvgIpc) is 3.43. The van der Waals surface area contributed by atoms with E-state index in [-0.39, 0.29) is 0 Å². The Morgan fingerprint density at radius 1 is 0.208 bits per heavy atom. The number of rotatable bonds is 9. The van der Waals surface area contributed by atoms with E-state index in [0.717, 1.165) is 67.9 Å². The first-order valence-corrected chi connectivity index (χ1v) is 24.9. The number of fused-ring (bicyclic) bond motifs is 6. The molecule has 0 fully saturated rings. The zero-order valence-electron chi connectivity index (χ0n) is 40.6. The molecule has 0 N–H and O–H groups in total. The summed E-state index contributed by atoms with van der Waals surface area (Å²) in [5, 5.41) is 14.3. The maximum absolute atomic E-state index is 2.55. The molecule has 0 atom stereocenters. The van der Waals surface area contributed by atoms with Gasteiger partial charge in [-0.1, -0.05) is 200 Å². The molecule has 13 aromatic carbocycles. The van der Waals surface area contributed by atoms with Gasteiger partial charge in [0.05, 0.1) is 34.1 Å². The normalized spacial score (nSPS) is 11.5. The van der Waals surface area contributed by atoms with Crippen LogP contribution in [-0.4, -0.2) is 0 Å². The highest BCUT2D eigenvalue weighted by Crippen LogP contribution is 2.55. The number of hydrogen-bond donors (Lipinski definition) is 0. The second-order valence-corrected chi connectivity index (χ2v) is 19.0. The zero-order chi connectivity index (χ0) is 48.3. The molecule has 72 heavy (non-hydrogen) atoms. The van der Waals surface area contributed by atoms with Crippen molar-refractivity contribution in [2.24, 2.45) is 0 Å². The van der Waals surface area contributed by atoms with E-state index in [1.807, 2.05) is 0 Å². The molecule has 0 amide bonds. The van der Waals surface area contributed by atoms with Gasteiger partial charge < -0.3 is 14.7 Å². The minimum Gasteiger partial charge on any atom is -0.309 e. The summed E-state index contributed by atoms with van der Waals surface area (Å²) in [6.45, 7) is 7.06. The largest absolute Gasteiger partial charge is 0.309 e. The number of anilines is 9. The molecule has 0 radical (unpaired) electrons. The fraction of sp³-hybridized carbons (Fsp3) is 0.0435. The summed E-state index contributed by atoms with van der Waals surface area (Å²) in [6, 6.07) is 93.6. The number of nitrogens with zero attached hydrogens (tertiary/aromatic N) is 3. The van der Waals surface area contributed by atoms with Gasteiger partial charge in [-0.2, -0.15) is 0 Å². The molecule has 0 heterocycles. The molecule has 13 rings (SSSR count). The quantitative estimate of drug-likeness (QED) is 0.143. The van der Waals surface area contributed by atoms with Crippen molar-refractivity contribution in [2.45, 2.75) is 20.8 Å². The van der Waals surface area contributed by atoms with Crippen LogP contribution >= 0.6 is 0 Å². The van der Waals surface area contributed by atoms with E-state index in [4.69, 9.17) is 0 Å². The van der Waals surface area contributed by atoms with E-state index >= 15 is 0 Å². The molecule has 3 nitrogen and oxygen atoms in total. The molecular formula is C69H51N3. The van der Waals surface area contributed by atoms with Gasteiger partial charge in [-0.15, -0.1) is 0 Å². The molecule has 0 aromatic heterocycles. The summed E-state index contributed by atoms with van der Waals surface area (Å²) >= 11 is 0. The van der Waals surface area contributed by atoms with Crippen molar-refractivity contribution >= 4 is 116 Å². The third kappa shape index (κ3) is 7.20. The Morgan fingerprint density at radius 3 is 0.736 bits per heavy atom. The predicted octanol–water partition coefficient (Wildman–Crippen LogP) is 19.9. The first-order valence-electron chi connectivity index (χ1n) is 24.9. The smallest absolute Gasteiger partial charge is 0.0562 e. The van der Waals surface area contributed by atoms with Crippen LogP contribution in [0.1, 0.15) is 16.7 Å². The van der Waals surface area contributed by atoms with Crippen LogP contribution in [0.2, 0.25) is 0 Å². The molecule has 0 unspecified atom stereocenters. The van der Waals surface area contributed by atoms with Crippen molar-refractivity contribution < 1.29 is 0 Å². The standard InChI is InChI=1S/C69H51N3/c1-46-67(70(58-40-37-49-19-4-7-25-55(49)43-58)64-34-16-28-52-22-10-13-31-61(52)64)47(2)69(72(60-42-39-51-21-6-9-27-57(51)45-60)66-36-18-30-54-24-12-15-33-63(54)66)48(3)68(46)71(59-41-38-50-20-5-8-26-56(50)44-59)65-35-17-29-53-23-11-14-32-62(53)65/h4-45H,1-3H3. The van der Waals surface area contributed by atoms with Crippen LogP contribution < -0.4 is 14.7 Å². The van der Waals surface area contributed by atoms with Gasteiger partial charge in [-0.05, 0) is 141 Å². The minimum atomic E-state index is 1.09. The number of hydrogen-bond acceptors (Lipinski definition) is 3. The van der Waals surface area contributed by atoms with Gasteiger partial charge in [0.2, 0.25) is 0 Å². The van der Waals surface area contributed by atoms with Crippen LogP contribution in [-0.2, 0) is 0 Å². The van der Waals surface area contributed by atoms with Crippen LogP contribution in [0.3, 0.4) is 0 Å². The molecule has 0 saturated carbocycles. The fourth-order valence-electron chi connectivity index (χ4n) is 11.5. The lowest BCUT2D eigenvalue weighted by molar-refractivity contribution is 1.14. The highest BCUT2D eigenvalue weighted by Gasteiger charge is 2.32. The maximum atomic E-state index is 2.55. The Bertz CT molecular complexity index is 3770. The molecule has 3 heteroatoms. The fourth-order valence-corrected chi connectivity index (χ4v) is 11.5. The first kappa shape index (κ1) is 42.9. The van der Waals surface area contributed by atoms with Crippen molar-refractivity contribution in [3.05, 3.63) is 271 Å². The van der Waals surface area contributed by atoms with Gasteiger partial charge in [-0.3, -0.25) is 0 Å². The molecule has 0 saturated heterocycles. The average molecular weight is 922 g/mol. The molecule has 0 bridgehead atoms. The summed E-state index contributed by atoms with van der Waals surface area (Å²) < 4.78 is 0. The van der Waals surface area contributed by atoms with E-state index in [9.17, 15) is 0 Å². The van der Waals surface area contributed by atoms with Gasteiger partial charge in [0.15, 0.2) is 0 Å². The van der Waals surface area contributed by atoms with Gasteiger partial charge >= 0.3 is 0 Å². The third-order valence-electron chi connectivity index (χ3n) is 14.8. The van der Waals surface area contributed by atoms with Gasteiger partial charge in [0, 0.05) is 33.2 Å². The second-order valence-electron chi connectivity index (χ2n) is 19.0. The van der Waals surface area contributed by atoms with Crippen molar-refractivity contribution in [3.63, 3.8) is 0 Å². The highest BCUT2D eigenvalue weighted by molar-refractivity contribution is 6.08. The third-order valence-corrected chi connectivity index (χ3v) is 14.8. The van der Waals surface area contributed by atoms with Gasteiger partial charge in [0.1, 0.15) is 0 Å². The Hall–Kier alpha value is -9.18. The van der Waals surface area contributed by atoms with Crippen LogP contribution in [0.4, 0.5) is 51.2 Å². The molecule has 0 aliphatic heterocycles. The highest BCUT2D eigenvalue weighted by atomic mass is 15.2. The Kier molecular flexibility index (Phi) is 10.5. The van der Waals surface area contributed by atoms with Crippen molar-refractivity contribution in [1.29, 1.82) is 0 Å². The lowest BCUT2D eigenvalue weighted by atomic mass is 9.92. The van der Waals surface area contributed by atoms with Crippen molar-refractivity contribution in [2.75, 3.05) is 14.7 Å². The Morgan fingerprint density at radius 2 is 0.444 bits per heavy atom. The van der Waals surface area contributed by atoms with Crippen LogP contribution in [0, 0.1) is 20.8 Å². The lowest BCUT2D eigenvalue weighted by Crippen LogP contribution is -2.22. The van der Waals surface area contributed by atoms with E-state index in [1.54, 1.807) is 0 Å². The van der Waals surface area contributed by atoms with Crippen LogP contribution in [0.15, 0.2) is 255 Å². The summed E-state index contributed by atoms with van der Waals surface area (Å²) in [5.74, 6) is 0. The molecule has 13 aromatic rings. The zero-order valence-corrected chi connectivity index (χ0v) is 40.6. The molecule has 0 aliphatic carbocycles. The molecule has 342 valence electrons. The molecular weight excluding hydrogens is 871 g/mol. The molecule has 0 aliphatic rings. The molecule has 0 spiro atoms. The first-order chi connectivity index (χ1) is 35.5. The van der Waals surface area contributed by atoms with Crippen molar-refractivity contribution in [3.8, 4) is 0 Å². The van der Waals surface area contributed by atoms with Gasteiger partial charge in [-0.25, -0.2) is 0 Å². The summed E-state index contributed by atoms with van der Waals surface area (Å²) in [6.07, 6.45) is 0. The summed E-state index contributed by atoms with van der Waals surface area (Å²) in [5.41, 5.74) is 13.4. The van der Waals surface area contributed by atoms with Crippen LogP contribution in [0.25, 0.3) is 64.6 Å². The summed E-state index contributed by atoms with van der Waals surface area (Å²) in [7, 11) is 0. The van der Waals surface area contributed by atoms with Crippen molar-refractivity contribution in [1.82, 2.24) is 0 Å². The lowest BCUT2D eigenvalue weighted by Gasteiger charge is -2.39. The predicted molar refractivity (Wildman–Crippen MR) is 310 cm³/mol. The monoisotopic (exact) mass is 921 g/mol. The Balaban J connectivity index is 1.22. The SMILES string of the molecule is Cc1c(N(c2ccc3ccccc3c2)c2cccc3ccccc23)c(C)c(N(c2ccc3ccccc3c2)c2cccc3ccccc23)c(C)c1N(c1ccc2ccccc2c1)c1cccc2ccccc12. The van der Waals surface area contributed by atoms with Crippen LogP contribution in [0.5, 0.6) is 0 Å². The topological polar surface area (TPSA) is 9.72 Å². The van der Waals surface area contributed by atoms with E-state index in [2.05, 4.69) is 290 Å². The van der Waals surface area contributed by atoms with E-state index in [1.165, 1.54) is 64.6 Å². The second kappa shape index (κ2) is 17.7.